The summed E-state index contributed by atoms with van der Waals surface area (Å²) >= 11 is 0. The molecule has 0 fully saturated rings. The van der Waals surface area contributed by atoms with Gasteiger partial charge in [0.1, 0.15) is 37.6 Å². The Bertz CT molecular complexity index is 344. The molecule has 0 aliphatic rings. The molecule has 7 nitrogen and oxygen atoms in total. The Morgan fingerprint density at radius 2 is 1.50 bits per heavy atom. The van der Waals surface area contributed by atoms with Gasteiger partial charge in [-0.2, -0.15) is 0 Å². The van der Waals surface area contributed by atoms with E-state index in [-0.39, 0.29) is 26.5 Å². The molecule has 118 valence electrons. The zero-order valence-electron chi connectivity index (χ0n) is 13.1. The third-order valence-corrected chi connectivity index (χ3v) is 6.03. The third kappa shape index (κ3) is 3.64. The number of esters is 1. The predicted octanol–water partition coefficient (Wildman–Crippen LogP) is -5.67. The number of rotatable bonds is 9. The van der Waals surface area contributed by atoms with E-state index in [4.69, 9.17) is 26.9 Å². The number of carbonyl (C=O) groups excluding carboxylic acids is 1. The van der Waals surface area contributed by atoms with Gasteiger partial charge in [0, 0.05) is 5.57 Å². The van der Waals surface area contributed by atoms with Crippen molar-refractivity contribution in [2.75, 3.05) is 0 Å². The highest BCUT2D eigenvalue weighted by atomic mass is 28.2. The van der Waals surface area contributed by atoms with Crippen molar-refractivity contribution in [3.05, 3.63) is 12.2 Å². The molecule has 0 bridgehead atoms. The van der Waals surface area contributed by atoms with E-state index in [2.05, 4.69) is 6.58 Å². The van der Waals surface area contributed by atoms with E-state index in [0.717, 1.165) is 0 Å². The number of ether oxygens (including phenoxy) is 1. The lowest BCUT2D eigenvalue weighted by Crippen LogP contribution is -2.67. The summed E-state index contributed by atoms with van der Waals surface area (Å²) in [5.74, 6) is -3.77. The molecule has 0 saturated carbocycles. The quantitative estimate of drug-likeness (QED) is 0.173. The highest BCUT2D eigenvalue weighted by Crippen LogP contribution is 2.36. The second-order valence-electron chi connectivity index (χ2n) is 4.09. The van der Waals surface area contributed by atoms with Crippen molar-refractivity contribution in [1.82, 2.24) is 0 Å². The minimum absolute atomic E-state index is 0.238. The van der Waals surface area contributed by atoms with Crippen LogP contribution in [0.3, 0.4) is 0 Å². The van der Waals surface area contributed by atoms with Crippen LogP contribution in [-0.2, 0) is 31.7 Å². The Morgan fingerprint density at radius 1 is 1.05 bits per heavy atom. The molecule has 1 unspecified atom stereocenters. The largest absolute Gasteiger partial charge is 0.420 e. The topological polar surface area (TPSA) is 72.5 Å². The highest BCUT2D eigenvalue weighted by molar-refractivity contribution is 6.02. The molecule has 0 N–H and O–H groups in total. The third-order valence-electron chi connectivity index (χ3n) is 3.03. The lowest BCUT2D eigenvalue weighted by molar-refractivity contribution is -0.416. The molecule has 0 aromatic heterocycles. The summed E-state index contributed by atoms with van der Waals surface area (Å²) in [6, 6.07) is 0. The Kier molecular flexibility index (Phi) is 8.56. The number of hydrogen-bond acceptors (Lipinski definition) is 7. The summed E-state index contributed by atoms with van der Waals surface area (Å²) in [6.07, 6.45) is -0.495. The highest BCUT2D eigenvalue weighted by Gasteiger charge is 2.61. The normalized spacial score (nSPS) is 19.5. The number of carbonyl (C=O) groups is 1. The number of hydrogen-bond donors (Lipinski definition) is 0. The van der Waals surface area contributed by atoms with Crippen molar-refractivity contribution in [2.24, 2.45) is 0 Å². The maximum absolute atomic E-state index is 11.9. The molecule has 12 heteroatoms. The Balaban J connectivity index is 5.80. The molecule has 0 aromatic carbocycles. The first-order valence-corrected chi connectivity index (χ1v) is 10.0. The molecule has 0 aliphatic heterocycles. The van der Waals surface area contributed by atoms with Crippen LogP contribution in [-0.4, -0.2) is 76.3 Å². The van der Waals surface area contributed by atoms with Gasteiger partial charge in [0.05, 0.1) is 0 Å². The Hall–Kier alpha value is 0.0944. The fourth-order valence-corrected chi connectivity index (χ4v) is 5.34. The van der Waals surface area contributed by atoms with Gasteiger partial charge in [-0.3, -0.25) is 0 Å². The maximum atomic E-state index is 11.9. The zero-order valence-corrected chi connectivity index (χ0v) is 23.1. The monoisotopic (exact) mass is 372 g/mol. The smallest absolute Gasteiger partial charge is 0.367 e. The van der Waals surface area contributed by atoms with Crippen LogP contribution < -0.4 is 0 Å². The lowest BCUT2D eigenvalue weighted by Gasteiger charge is -2.48. The van der Waals surface area contributed by atoms with Gasteiger partial charge in [-0.05, 0) is 13.8 Å². The van der Waals surface area contributed by atoms with E-state index in [0.29, 0.717) is 31.5 Å². The van der Waals surface area contributed by atoms with Gasteiger partial charge in [-0.15, -0.1) is 0 Å². The van der Waals surface area contributed by atoms with Gasteiger partial charge in [0.15, 0.2) is 21.0 Å². The van der Waals surface area contributed by atoms with Crippen molar-refractivity contribution >= 4 is 58.4 Å². The molecule has 0 radical (unpaired) electrons. The molecule has 0 aromatic rings. The summed E-state index contributed by atoms with van der Waals surface area (Å²) < 4.78 is 33.0. The standard InChI is InChI=1S/C8H24O7Si5/c1-4(2)6(9)10-8(14-19,15-20)7(12-17,13-18)5(3)11-16/h5H,1H2,2-3,16-20H3. The van der Waals surface area contributed by atoms with E-state index in [9.17, 15) is 4.79 Å². The van der Waals surface area contributed by atoms with Crippen LogP contribution in [0.4, 0.5) is 0 Å². The van der Waals surface area contributed by atoms with Gasteiger partial charge < -0.3 is 26.9 Å². The van der Waals surface area contributed by atoms with E-state index in [1.807, 2.05) is 0 Å². The molecule has 1 atom stereocenters. The average molecular weight is 373 g/mol. The van der Waals surface area contributed by atoms with Gasteiger partial charge in [0.25, 0.3) is 5.79 Å². The first kappa shape index (κ1) is 20.1. The predicted molar refractivity (Wildman–Crippen MR) is 90.9 cm³/mol. The molecular weight excluding hydrogens is 349 g/mol. The Morgan fingerprint density at radius 3 is 1.75 bits per heavy atom. The molecule has 0 heterocycles. The van der Waals surface area contributed by atoms with Crippen molar-refractivity contribution < 1.29 is 31.7 Å². The lowest BCUT2D eigenvalue weighted by atomic mass is 10.1. The van der Waals surface area contributed by atoms with Crippen molar-refractivity contribution in [3.8, 4) is 0 Å². The van der Waals surface area contributed by atoms with Crippen LogP contribution in [0.25, 0.3) is 0 Å². The van der Waals surface area contributed by atoms with Crippen molar-refractivity contribution in [1.29, 1.82) is 0 Å². The molecule has 0 saturated heterocycles. The summed E-state index contributed by atoms with van der Waals surface area (Å²) in [5.41, 5.74) is 0.238. The molecule has 0 aliphatic carbocycles. The first-order valence-electron chi connectivity index (χ1n) is 5.93. The zero-order chi connectivity index (χ0) is 16.0. The minimum atomic E-state index is -1.74. The maximum Gasteiger partial charge on any atom is 0.367 e. The molecule has 0 spiro atoms. The van der Waals surface area contributed by atoms with Crippen LogP contribution >= 0.6 is 0 Å². The second kappa shape index (κ2) is 8.52. The summed E-state index contributed by atoms with van der Waals surface area (Å²) in [7, 11) is 1.67. The van der Waals surface area contributed by atoms with Crippen LogP contribution in [0.5, 0.6) is 0 Å². The molecule has 0 rings (SSSR count). The molecule has 0 amide bonds. The van der Waals surface area contributed by atoms with Crippen LogP contribution in [0.2, 0.25) is 0 Å². The summed E-state index contributed by atoms with van der Waals surface area (Å²) in [5, 5.41) is 0. The van der Waals surface area contributed by atoms with Crippen molar-refractivity contribution in [3.63, 3.8) is 0 Å². The van der Waals surface area contributed by atoms with E-state index in [1.165, 1.54) is 0 Å². The van der Waals surface area contributed by atoms with Crippen molar-refractivity contribution in [2.45, 2.75) is 31.7 Å². The Labute approximate surface area is 134 Å². The van der Waals surface area contributed by atoms with Gasteiger partial charge in [0.2, 0.25) is 0 Å². The molecule has 20 heavy (non-hydrogen) atoms. The van der Waals surface area contributed by atoms with Gasteiger partial charge >= 0.3 is 11.9 Å². The summed E-state index contributed by atoms with van der Waals surface area (Å²) in [4.78, 5) is 11.9. The average Bonchev–Trinajstić information content (AvgIpc) is 2.46. The minimum Gasteiger partial charge on any atom is -0.420 e. The fraction of sp³-hybridized carbons (Fsp3) is 0.625. The fourth-order valence-electron chi connectivity index (χ4n) is 1.80. The van der Waals surface area contributed by atoms with Crippen LogP contribution in [0, 0.1) is 0 Å². The van der Waals surface area contributed by atoms with E-state index in [1.54, 1.807) is 13.8 Å². The summed E-state index contributed by atoms with van der Waals surface area (Å²) in [6.45, 7) is 6.87. The second-order valence-corrected chi connectivity index (χ2v) is 6.19. The van der Waals surface area contributed by atoms with Crippen LogP contribution in [0.15, 0.2) is 12.2 Å². The SMILES string of the molecule is C=C(C)C(=O)OC(O[SiH3])(O[SiH3])C(O[SiH3])(O[SiH3])C(C)O[SiH3]. The van der Waals surface area contributed by atoms with Crippen LogP contribution in [0.1, 0.15) is 13.8 Å². The van der Waals surface area contributed by atoms with E-state index < -0.39 is 23.8 Å². The molecular formula is C8H24O7Si5. The van der Waals surface area contributed by atoms with Gasteiger partial charge in [-0.25, -0.2) is 4.79 Å². The van der Waals surface area contributed by atoms with Gasteiger partial charge in [-0.1, -0.05) is 6.58 Å². The first-order chi connectivity index (χ1) is 9.30. The van der Waals surface area contributed by atoms with E-state index >= 15 is 0 Å².